The van der Waals surface area contributed by atoms with Crippen molar-refractivity contribution in [2.45, 2.75) is 25.4 Å². The van der Waals surface area contributed by atoms with E-state index in [0.717, 1.165) is 56.8 Å². The summed E-state index contributed by atoms with van der Waals surface area (Å²) in [5.41, 5.74) is 3.06. The first-order chi connectivity index (χ1) is 15.2. The summed E-state index contributed by atoms with van der Waals surface area (Å²) >= 11 is 12.1. The van der Waals surface area contributed by atoms with Gasteiger partial charge in [0.1, 0.15) is 0 Å². The number of piperidine rings is 1. The monoisotopic (exact) mass is 456 g/mol. The zero-order valence-electron chi connectivity index (χ0n) is 17.3. The lowest BCUT2D eigenvalue weighted by Crippen LogP contribution is -2.43. The predicted octanol–water partition coefficient (Wildman–Crippen LogP) is 4.51. The number of hydrogen-bond donors (Lipinski definition) is 2. The van der Waals surface area contributed by atoms with E-state index in [-0.39, 0.29) is 0 Å². The van der Waals surface area contributed by atoms with Gasteiger partial charge in [-0.15, -0.1) is 0 Å². The van der Waals surface area contributed by atoms with E-state index in [1.54, 1.807) is 12.4 Å². The van der Waals surface area contributed by atoms with E-state index in [1.807, 2.05) is 36.5 Å². The quantitative estimate of drug-likeness (QED) is 0.486. The normalized spacial score (nSPS) is 15.2. The molecule has 1 aliphatic rings. The Kier molecular flexibility index (Phi) is 7.70. The zero-order chi connectivity index (χ0) is 21.5. The van der Waals surface area contributed by atoms with Gasteiger partial charge in [0.2, 0.25) is 5.95 Å². The molecule has 0 saturated carbocycles. The molecule has 0 bridgehead atoms. The predicted molar refractivity (Wildman–Crippen MR) is 127 cm³/mol. The second-order valence-electron chi connectivity index (χ2n) is 7.69. The zero-order valence-corrected chi connectivity index (χ0v) is 18.8. The average Bonchev–Trinajstić information content (AvgIpc) is 2.81. The van der Waals surface area contributed by atoms with Crippen LogP contribution >= 0.6 is 23.2 Å². The topological polar surface area (TPSA) is 66.0 Å². The van der Waals surface area contributed by atoms with Crippen LogP contribution in [-0.2, 0) is 6.54 Å². The molecule has 3 heterocycles. The number of halogens is 2. The molecule has 8 heteroatoms. The molecule has 0 radical (unpaired) electrons. The van der Waals surface area contributed by atoms with Crippen molar-refractivity contribution in [2.24, 2.45) is 0 Å². The van der Waals surface area contributed by atoms with Gasteiger partial charge in [-0.1, -0.05) is 29.3 Å². The van der Waals surface area contributed by atoms with Gasteiger partial charge in [0.25, 0.3) is 0 Å². The highest BCUT2D eigenvalue weighted by Crippen LogP contribution is 2.24. The van der Waals surface area contributed by atoms with Gasteiger partial charge in [-0.3, -0.25) is 9.88 Å². The molecule has 0 aliphatic carbocycles. The fourth-order valence-corrected chi connectivity index (χ4v) is 4.08. The summed E-state index contributed by atoms with van der Waals surface area (Å²) in [7, 11) is 0. The van der Waals surface area contributed by atoms with Gasteiger partial charge in [-0.25, -0.2) is 9.97 Å². The second kappa shape index (κ2) is 10.9. The minimum absolute atomic E-state index is 0.537. The van der Waals surface area contributed by atoms with Crippen molar-refractivity contribution in [2.75, 3.05) is 31.5 Å². The number of pyridine rings is 1. The molecule has 1 aromatic carbocycles. The smallest absolute Gasteiger partial charge is 0.223 e. The third kappa shape index (κ3) is 6.37. The molecule has 31 heavy (non-hydrogen) atoms. The Morgan fingerprint density at radius 1 is 1.00 bits per heavy atom. The van der Waals surface area contributed by atoms with E-state index in [9.17, 15) is 0 Å². The highest BCUT2D eigenvalue weighted by atomic mass is 35.5. The molecule has 1 fully saturated rings. The summed E-state index contributed by atoms with van der Waals surface area (Å²) in [6.45, 7) is 4.71. The molecule has 6 nitrogen and oxygen atoms in total. The van der Waals surface area contributed by atoms with Crippen LogP contribution in [0.25, 0.3) is 11.3 Å². The van der Waals surface area contributed by atoms with Gasteiger partial charge in [0.05, 0.1) is 15.7 Å². The number of nitrogens with one attached hydrogen (secondary N) is 2. The molecule has 1 saturated heterocycles. The Balaban J connectivity index is 1.17. The molecule has 2 aromatic heterocycles. The summed E-state index contributed by atoms with van der Waals surface area (Å²) in [6.07, 6.45) is 7.60. The summed E-state index contributed by atoms with van der Waals surface area (Å²) in [5, 5.41) is 8.18. The van der Waals surface area contributed by atoms with Crippen LogP contribution in [0.2, 0.25) is 10.0 Å². The summed E-state index contributed by atoms with van der Waals surface area (Å²) in [6, 6.07) is 12.2. The minimum Gasteiger partial charge on any atom is -0.353 e. The van der Waals surface area contributed by atoms with Crippen LogP contribution in [0.15, 0.2) is 55.0 Å². The molecular formula is C23H26Cl2N6. The van der Waals surface area contributed by atoms with Crippen LogP contribution in [0.3, 0.4) is 0 Å². The number of hydrogen-bond acceptors (Lipinski definition) is 6. The lowest BCUT2D eigenvalue weighted by molar-refractivity contribution is 0.191. The van der Waals surface area contributed by atoms with Crippen LogP contribution < -0.4 is 10.6 Å². The van der Waals surface area contributed by atoms with Gasteiger partial charge in [-0.2, -0.15) is 0 Å². The first kappa shape index (κ1) is 22.0. The fourth-order valence-electron chi connectivity index (χ4n) is 3.76. The third-order valence-corrected chi connectivity index (χ3v) is 6.17. The van der Waals surface area contributed by atoms with Gasteiger partial charge < -0.3 is 10.6 Å². The summed E-state index contributed by atoms with van der Waals surface area (Å²) in [5.74, 6) is 0.639. The highest BCUT2D eigenvalue weighted by Gasteiger charge is 2.18. The molecule has 2 N–H and O–H groups in total. The number of aromatic nitrogens is 3. The summed E-state index contributed by atoms with van der Waals surface area (Å²) < 4.78 is 0. The van der Waals surface area contributed by atoms with E-state index in [4.69, 9.17) is 23.2 Å². The van der Waals surface area contributed by atoms with E-state index in [1.165, 1.54) is 5.56 Å². The Labute approximate surface area is 193 Å². The van der Waals surface area contributed by atoms with Crippen molar-refractivity contribution >= 4 is 29.2 Å². The van der Waals surface area contributed by atoms with Crippen molar-refractivity contribution in [1.82, 2.24) is 25.2 Å². The Morgan fingerprint density at radius 3 is 2.65 bits per heavy atom. The van der Waals surface area contributed by atoms with Gasteiger partial charge in [-0.05, 0) is 61.8 Å². The third-order valence-electron chi connectivity index (χ3n) is 5.43. The maximum atomic E-state index is 6.13. The van der Waals surface area contributed by atoms with E-state index in [0.29, 0.717) is 22.0 Å². The average molecular weight is 457 g/mol. The van der Waals surface area contributed by atoms with Gasteiger partial charge in [0, 0.05) is 49.8 Å². The van der Waals surface area contributed by atoms with Crippen LogP contribution in [0.4, 0.5) is 5.95 Å². The summed E-state index contributed by atoms with van der Waals surface area (Å²) in [4.78, 5) is 15.5. The maximum Gasteiger partial charge on any atom is 0.223 e. The van der Waals surface area contributed by atoms with E-state index >= 15 is 0 Å². The first-order valence-corrected chi connectivity index (χ1v) is 11.3. The van der Waals surface area contributed by atoms with Gasteiger partial charge >= 0.3 is 0 Å². The Hall–Kier alpha value is -2.25. The largest absolute Gasteiger partial charge is 0.353 e. The molecule has 0 atom stereocenters. The maximum absolute atomic E-state index is 6.13. The highest BCUT2D eigenvalue weighted by molar-refractivity contribution is 6.42. The van der Waals surface area contributed by atoms with Crippen molar-refractivity contribution in [3.05, 3.63) is 70.6 Å². The van der Waals surface area contributed by atoms with E-state index in [2.05, 4.69) is 36.6 Å². The minimum atomic E-state index is 0.537. The molecule has 0 amide bonds. The first-order valence-electron chi connectivity index (χ1n) is 10.5. The van der Waals surface area contributed by atoms with Crippen LogP contribution in [0, 0.1) is 0 Å². The Morgan fingerprint density at radius 2 is 1.87 bits per heavy atom. The fraction of sp³-hybridized carbons (Fsp3) is 0.348. The van der Waals surface area contributed by atoms with Gasteiger partial charge in [0.15, 0.2) is 0 Å². The number of likely N-dealkylation sites (tertiary alicyclic amines) is 1. The molecule has 0 spiro atoms. The molecule has 4 rings (SSSR count). The number of nitrogens with zero attached hydrogens (tertiary/aromatic N) is 4. The lowest BCUT2D eigenvalue weighted by atomic mass is 10.0. The molecule has 0 unspecified atom stereocenters. The van der Waals surface area contributed by atoms with Crippen molar-refractivity contribution in [1.29, 1.82) is 0 Å². The van der Waals surface area contributed by atoms with Crippen molar-refractivity contribution < 1.29 is 0 Å². The van der Waals surface area contributed by atoms with Crippen LogP contribution in [0.1, 0.15) is 18.4 Å². The number of rotatable bonds is 8. The molecule has 3 aromatic rings. The van der Waals surface area contributed by atoms with Crippen LogP contribution in [0.5, 0.6) is 0 Å². The Bertz CT molecular complexity index is 977. The van der Waals surface area contributed by atoms with E-state index < -0.39 is 0 Å². The lowest BCUT2D eigenvalue weighted by Gasteiger charge is -2.32. The molecule has 1 aliphatic heterocycles. The molecule has 162 valence electrons. The second-order valence-corrected chi connectivity index (χ2v) is 8.50. The van der Waals surface area contributed by atoms with Crippen molar-refractivity contribution in [3.63, 3.8) is 0 Å². The van der Waals surface area contributed by atoms with Crippen molar-refractivity contribution in [3.8, 4) is 11.3 Å². The standard InChI is InChI=1S/C23H26Cl2N6/c24-20-4-3-17(14-21(20)25)16-31-12-6-19(7-13-31)27-10-11-29-23-28-9-5-22(30-23)18-2-1-8-26-15-18/h1-5,8-9,14-15,19,27H,6-7,10-13,16H2,(H,28,29,30). The molecular weight excluding hydrogens is 431 g/mol. The SMILES string of the molecule is Clc1ccc(CN2CCC(NCCNc3nccc(-c4cccnc4)n3)CC2)cc1Cl. The number of anilines is 1. The number of benzene rings is 1. The van der Waals surface area contributed by atoms with Crippen LogP contribution in [-0.4, -0.2) is 52.1 Å².